The van der Waals surface area contributed by atoms with E-state index in [4.69, 9.17) is 0 Å². The Morgan fingerprint density at radius 3 is 1.84 bits per heavy atom. The van der Waals surface area contributed by atoms with Gasteiger partial charge in [-0.3, -0.25) is 9.69 Å². The minimum absolute atomic E-state index is 0.237. The molecule has 0 radical (unpaired) electrons. The molecule has 1 aliphatic carbocycles. The van der Waals surface area contributed by atoms with E-state index < -0.39 is 0 Å². The summed E-state index contributed by atoms with van der Waals surface area (Å²) in [5.41, 5.74) is -0.237. The van der Waals surface area contributed by atoms with Crippen molar-refractivity contribution < 1.29 is 4.79 Å². The highest BCUT2D eigenvalue weighted by Crippen LogP contribution is 2.30. The maximum Gasteiger partial charge on any atom is 0.155 e. The molecule has 0 aromatic heterocycles. The van der Waals surface area contributed by atoms with Crippen LogP contribution in [0.1, 0.15) is 78.1 Å². The molecule has 0 unspecified atom stereocenters. The summed E-state index contributed by atoms with van der Waals surface area (Å²) in [5.74, 6) is 0.858. The largest absolute Gasteiger partial charge is 0.297 e. The molecule has 0 aromatic rings. The lowest BCUT2D eigenvalue weighted by molar-refractivity contribution is -0.134. The fourth-order valence-electron chi connectivity index (χ4n) is 3.83. The molecule has 1 saturated heterocycles. The van der Waals surface area contributed by atoms with Gasteiger partial charge in [0.1, 0.15) is 0 Å². The van der Waals surface area contributed by atoms with Crippen molar-refractivity contribution in [2.24, 2.45) is 5.92 Å². The molecular weight excluding hydrogens is 234 g/mol. The molecule has 2 rings (SSSR count). The van der Waals surface area contributed by atoms with Gasteiger partial charge in [-0.2, -0.15) is 0 Å². The Labute approximate surface area is 118 Å². The van der Waals surface area contributed by atoms with Crippen molar-refractivity contribution >= 4 is 5.78 Å². The van der Waals surface area contributed by atoms with Gasteiger partial charge < -0.3 is 0 Å². The van der Waals surface area contributed by atoms with Gasteiger partial charge in [0.2, 0.25) is 0 Å². The number of likely N-dealkylation sites (tertiary alicyclic amines) is 1. The summed E-state index contributed by atoms with van der Waals surface area (Å²) in [6.45, 7) is 6.58. The van der Waals surface area contributed by atoms with Crippen LogP contribution in [0.15, 0.2) is 0 Å². The maximum absolute atomic E-state index is 12.9. The van der Waals surface area contributed by atoms with E-state index in [1.807, 2.05) is 0 Å². The molecule has 0 N–H and O–H groups in total. The van der Waals surface area contributed by atoms with E-state index >= 15 is 0 Å². The maximum atomic E-state index is 12.9. The van der Waals surface area contributed by atoms with E-state index in [2.05, 4.69) is 18.7 Å². The number of nitrogens with zero attached hydrogens (tertiary/aromatic N) is 1. The van der Waals surface area contributed by atoms with E-state index in [-0.39, 0.29) is 5.54 Å². The molecule has 1 aliphatic heterocycles. The smallest absolute Gasteiger partial charge is 0.155 e. The number of ketones is 1. The highest BCUT2D eigenvalue weighted by atomic mass is 16.1. The van der Waals surface area contributed by atoms with Gasteiger partial charge in [0.15, 0.2) is 5.78 Å². The number of rotatable bonds is 3. The first-order valence-corrected chi connectivity index (χ1v) is 8.42. The molecule has 1 saturated carbocycles. The third kappa shape index (κ3) is 3.81. The minimum Gasteiger partial charge on any atom is -0.297 e. The van der Waals surface area contributed by atoms with Crippen LogP contribution >= 0.6 is 0 Å². The van der Waals surface area contributed by atoms with Crippen LogP contribution in [-0.2, 0) is 4.79 Å². The second-order valence-electron chi connectivity index (χ2n) is 7.01. The normalized spacial score (nSPS) is 24.7. The van der Waals surface area contributed by atoms with Crippen molar-refractivity contribution in [2.75, 3.05) is 13.1 Å². The Balaban J connectivity index is 2.01. The summed E-state index contributed by atoms with van der Waals surface area (Å²) >= 11 is 0. The van der Waals surface area contributed by atoms with Gasteiger partial charge >= 0.3 is 0 Å². The first-order valence-electron chi connectivity index (χ1n) is 8.42. The van der Waals surface area contributed by atoms with E-state index in [0.717, 1.165) is 25.9 Å². The Morgan fingerprint density at radius 2 is 1.32 bits per heavy atom. The molecule has 2 fully saturated rings. The number of carbonyl (C=O) groups excluding carboxylic acids is 1. The second kappa shape index (κ2) is 6.88. The molecule has 19 heavy (non-hydrogen) atoms. The van der Waals surface area contributed by atoms with Gasteiger partial charge in [-0.05, 0) is 52.6 Å². The molecule has 2 heteroatoms. The monoisotopic (exact) mass is 265 g/mol. The van der Waals surface area contributed by atoms with Gasteiger partial charge in [0.05, 0.1) is 5.54 Å². The van der Waals surface area contributed by atoms with Crippen LogP contribution in [0, 0.1) is 5.92 Å². The second-order valence-corrected chi connectivity index (χ2v) is 7.01. The quantitative estimate of drug-likeness (QED) is 0.713. The van der Waals surface area contributed by atoms with Crippen LogP contribution < -0.4 is 0 Å². The lowest BCUT2D eigenvalue weighted by atomic mass is 9.83. The van der Waals surface area contributed by atoms with E-state index in [0.29, 0.717) is 11.7 Å². The first-order chi connectivity index (χ1) is 9.12. The lowest BCUT2D eigenvalue weighted by Crippen LogP contribution is -2.52. The predicted octanol–water partition coefficient (Wildman–Crippen LogP) is 4.18. The standard InChI is InChI=1S/C17H31NO/c1-17(2,18-13-9-5-6-10-14-18)16(19)15-11-7-3-4-8-12-15/h15H,3-14H2,1-2H3. The Hall–Kier alpha value is -0.370. The average Bonchev–Trinajstić information content (AvgIpc) is 2.82. The van der Waals surface area contributed by atoms with Crippen molar-refractivity contribution in [3.8, 4) is 0 Å². The van der Waals surface area contributed by atoms with Gasteiger partial charge in [-0.1, -0.05) is 38.5 Å². The molecule has 0 bridgehead atoms. The van der Waals surface area contributed by atoms with Gasteiger partial charge in [-0.15, -0.1) is 0 Å². The summed E-state index contributed by atoms with van der Waals surface area (Å²) in [6.07, 6.45) is 12.6. The third-order valence-electron chi connectivity index (χ3n) is 5.23. The number of carbonyl (C=O) groups is 1. The van der Waals surface area contributed by atoms with E-state index in [1.54, 1.807) is 0 Å². The SMILES string of the molecule is CC(C)(C(=O)C1CCCCCC1)N1CCCCCC1. The Kier molecular flexibility index (Phi) is 5.44. The topological polar surface area (TPSA) is 20.3 Å². The van der Waals surface area contributed by atoms with E-state index in [9.17, 15) is 4.79 Å². The third-order valence-corrected chi connectivity index (χ3v) is 5.23. The fourth-order valence-corrected chi connectivity index (χ4v) is 3.83. The van der Waals surface area contributed by atoms with Crippen LogP contribution in [0.2, 0.25) is 0 Å². The van der Waals surface area contributed by atoms with Crippen molar-refractivity contribution in [2.45, 2.75) is 83.6 Å². The van der Waals surface area contributed by atoms with Crippen molar-refractivity contribution in [3.05, 3.63) is 0 Å². The zero-order chi connectivity index (χ0) is 13.7. The minimum atomic E-state index is -0.237. The van der Waals surface area contributed by atoms with Crippen molar-refractivity contribution in [1.29, 1.82) is 0 Å². The van der Waals surface area contributed by atoms with Crippen molar-refractivity contribution in [3.63, 3.8) is 0 Å². The zero-order valence-electron chi connectivity index (χ0n) is 12.9. The molecule has 0 spiro atoms. The zero-order valence-corrected chi connectivity index (χ0v) is 12.9. The molecular formula is C17H31NO. The highest BCUT2D eigenvalue weighted by molar-refractivity contribution is 5.89. The molecule has 0 amide bonds. The van der Waals surface area contributed by atoms with Gasteiger partial charge in [0.25, 0.3) is 0 Å². The molecule has 0 aromatic carbocycles. The van der Waals surface area contributed by atoms with Gasteiger partial charge in [0, 0.05) is 5.92 Å². The summed E-state index contributed by atoms with van der Waals surface area (Å²) in [4.78, 5) is 15.4. The molecule has 110 valence electrons. The number of hydrogen-bond donors (Lipinski definition) is 0. The van der Waals surface area contributed by atoms with Crippen LogP contribution in [0.25, 0.3) is 0 Å². The Morgan fingerprint density at radius 1 is 0.842 bits per heavy atom. The first kappa shape index (κ1) is 15.0. The number of Topliss-reactive ketones (excluding diaryl/α,β-unsaturated/α-hetero) is 1. The van der Waals surface area contributed by atoms with Gasteiger partial charge in [-0.25, -0.2) is 0 Å². The van der Waals surface area contributed by atoms with Crippen LogP contribution in [0.4, 0.5) is 0 Å². The lowest BCUT2D eigenvalue weighted by Gasteiger charge is -2.38. The summed E-state index contributed by atoms with van der Waals surface area (Å²) in [6, 6.07) is 0. The number of hydrogen-bond acceptors (Lipinski definition) is 2. The average molecular weight is 265 g/mol. The highest BCUT2D eigenvalue weighted by Gasteiger charge is 2.38. The predicted molar refractivity (Wildman–Crippen MR) is 80.3 cm³/mol. The molecule has 0 atom stereocenters. The summed E-state index contributed by atoms with van der Waals surface area (Å²) in [5, 5.41) is 0. The van der Waals surface area contributed by atoms with Crippen LogP contribution in [0.5, 0.6) is 0 Å². The molecule has 1 heterocycles. The van der Waals surface area contributed by atoms with E-state index in [1.165, 1.54) is 51.4 Å². The molecule has 2 nitrogen and oxygen atoms in total. The summed E-state index contributed by atoms with van der Waals surface area (Å²) in [7, 11) is 0. The van der Waals surface area contributed by atoms with Crippen molar-refractivity contribution in [1.82, 2.24) is 4.90 Å². The summed E-state index contributed by atoms with van der Waals surface area (Å²) < 4.78 is 0. The van der Waals surface area contributed by atoms with Crippen LogP contribution in [-0.4, -0.2) is 29.3 Å². The van der Waals surface area contributed by atoms with Crippen LogP contribution in [0.3, 0.4) is 0 Å². The molecule has 2 aliphatic rings. The Bertz CT molecular complexity index is 282. The fraction of sp³-hybridized carbons (Fsp3) is 0.941.